The molecule has 0 aliphatic carbocycles. The van der Waals surface area contributed by atoms with Crippen LogP contribution in [-0.2, 0) is 0 Å². The maximum absolute atomic E-state index is 12.8. The number of benzene rings is 2. The highest BCUT2D eigenvalue weighted by molar-refractivity contribution is 7.09. The van der Waals surface area contributed by atoms with E-state index in [1.165, 1.54) is 11.5 Å². The van der Waals surface area contributed by atoms with Crippen LogP contribution < -0.4 is 10.2 Å². The fourth-order valence-corrected chi connectivity index (χ4v) is 4.26. The SMILES string of the molecule is O=C(Nc1noc2ccccc12)N1CCCN(c2nc(-c3ccccc3)ns2)CC1. The molecular formula is C21H20N6O2S. The molecule has 0 bridgehead atoms. The fourth-order valence-electron chi connectivity index (χ4n) is 3.52. The fraction of sp³-hybridized carbons (Fsp3) is 0.238. The Morgan fingerprint density at radius 3 is 2.73 bits per heavy atom. The first-order valence-corrected chi connectivity index (χ1v) is 10.6. The van der Waals surface area contributed by atoms with Crippen LogP contribution in [0.5, 0.6) is 0 Å². The van der Waals surface area contributed by atoms with Gasteiger partial charge >= 0.3 is 6.03 Å². The van der Waals surface area contributed by atoms with Crippen LogP contribution in [-0.4, -0.2) is 51.6 Å². The Hall–Kier alpha value is -3.46. The molecule has 1 saturated heterocycles. The molecule has 0 radical (unpaired) electrons. The van der Waals surface area contributed by atoms with E-state index >= 15 is 0 Å². The lowest BCUT2D eigenvalue weighted by molar-refractivity contribution is 0.215. The molecule has 4 aromatic rings. The summed E-state index contributed by atoms with van der Waals surface area (Å²) in [6, 6.07) is 17.3. The molecule has 1 aliphatic rings. The molecule has 0 unspecified atom stereocenters. The number of aromatic nitrogens is 3. The number of para-hydroxylation sites is 1. The maximum Gasteiger partial charge on any atom is 0.323 e. The topological polar surface area (TPSA) is 87.4 Å². The van der Waals surface area contributed by atoms with Crippen LogP contribution in [0.3, 0.4) is 0 Å². The number of urea groups is 1. The normalized spacial score (nSPS) is 14.7. The molecule has 30 heavy (non-hydrogen) atoms. The van der Waals surface area contributed by atoms with Crippen LogP contribution in [0.1, 0.15) is 6.42 Å². The van der Waals surface area contributed by atoms with Gasteiger partial charge in [0.2, 0.25) is 5.13 Å². The third-order valence-corrected chi connectivity index (χ3v) is 5.88. The lowest BCUT2D eigenvalue weighted by atomic mass is 10.2. The van der Waals surface area contributed by atoms with E-state index in [-0.39, 0.29) is 6.03 Å². The van der Waals surface area contributed by atoms with Gasteiger partial charge in [-0.25, -0.2) is 4.79 Å². The zero-order chi connectivity index (χ0) is 20.3. The molecule has 0 spiro atoms. The van der Waals surface area contributed by atoms with Crippen molar-refractivity contribution in [1.82, 2.24) is 19.4 Å². The van der Waals surface area contributed by atoms with E-state index in [4.69, 9.17) is 9.51 Å². The van der Waals surface area contributed by atoms with Gasteiger partial charge in [-0.05, 0) is 18.6 Å². The molecule has 0 saturated carbocycles. The molecule has 0 atom stereocenters. The average Bonchev–Trinajstić information content (AvgIpc) is 3.36. The lowest BCUT2D eigenvalue weighted by Gasteiger charge is -2.21. The quantitative estimate of drug-likeness (QED) is 0.537. The summed E-state index contributed by atoms with van der Waals surface area (Å²) < 4.78 is 9.77. The number of hydrogen-bond donors (Lipinski definition) is 1. The van der Waals surface area contributed by atoms with Gasteiger partial charge < -0.3 is 14.3 Å². The van der Waals surface area contributed by atoms with Crippen molar-refractivity contribution in [2.45, 2.75) is 6.42 Å². The zero-order valence-corrected chi connectivity index (χ0v) is 17.0. The van der Waals surface area contributed by atoms with Gasteiger partial charge in [-0.2, -0.15) is 9.36 Å². The Kier molecular flexibility index (Phi) is 5.02. The number of carbonyl (C=O) groups is 1. The summed E-state index contributed by atoms with van der Waals surface area (Å²) in [4.78, 5) is 21.5. The van der Waals surface area contributed by atoms with Crippen molar-refractivity contribution >= 4 is 39.5 Å². The Bertz CT molecular complexity index is 1160. The van der Waals surface area contributed by atoms with Crippen molar-refractivity contribution in [3.63, 3.8) is 0 Å². The first-order valence-electron chi connectivity index (χ1n) is 9.82. The number of fused-ring (bicyclic) bond motifs is 1. The van der Waals surface area contributed by atoms with Gasteiger partial charge in [0, 0.05) is 43.3 Å². The van der Waals surface area contributed by atoms with E-state index in [1.54, 1.807) is 0 Å². The maximum atomic E-state index is 12.8. The Balaban J connectivity index is 1.24. The Morgan fingerprint density at radius 1 is 1.00 bits per heavy atom. The Morgan fingerprint density at radius 2 is 1.83 bits per heavy atom. The van der Waals surface area contributed by atoms with Crippen molar-refractivity contribution in [2.24, 2.45) is 0 Å². The van der Waals surface area contributed by atoms with Gasteiger partial charge in [0.25, 0.3) is 0 Å². The first-order chi connectivity index (χ1) is 14.8. The van der Waals surface area contributed by atoms with E-state index in [2.05, 4.69) is 19.7 Å². The molecule has 9 heteroatoms. The number of nitrogens with zero attached hydrogens (tertiary/aromatic N) is 5. The molecule has 1 fully saturated rings. The minimum atomic E-state index is -0.168. The predicted octanol–water partition coefficient (Wildman–Crippen LogP) is 4.09. The third-order valence-electron chi connectivity index (χ3n) is 5.10. The van der Waals surface area contributed by atoms with Gasteiger partial charge in [0.15, 0.2) is 17.2 Å². The summed E-state index contributed by atoms with van der Waals surface area (Å²) in [5.41, 5.74) is 1.66. The minimum Gasteiger partial charge on any atom is -0.354 e. The number of amides is 2. The minimum absolute atomic E-state index is 0.168. The molecule has 152 valence electrons. The zero-order valence-electron chi connectivity index (χ0n) is 16.2. The second-order valence-corrected chi connectivity index (χ2v) is 7.78. The van der Waals surface area contributed by atoms with Crippen molar-refractivity contribution < 1.29 is 9.32 Å². The largest absolute Gasteiger partial charge is 0.354 e. The van der Waals surface area contributed by atoms with Crippen molar-refractivity contribution in [3.05, 3.63) is 54.6 Å². The Labute approximate surface area is 177 Å². The molecule has 2 amide bonds. The summed E-state index contributed by atoms with van der Waals surface area (Å²) >= 11 is 1.40. The van der Waals surface area contributed by atoms with Crippen molar-refractivity contribution in [3.8, 4) is 11.4 Å². The van der Waals surface area contributed by atoms with Gasteiger partial charge in [-0.3, -0.25) is 5.32 Å². The summed E-state index contributed by atoms with van der Waals surface area (Å²) in [5, 5.41) is 8.55. The van der Waals surface area contributed by atoms with Crippen molar-refractivity contribution in [2.75, 3.05) is 36.4 Å². The highest BCUT2D eigenvalue weighted by atomic mass is 32.1. The van der Waals surface area contributed by atoms with Crippen LogP contribution in [0, 0.1) is 0 Å². The van der Waals surface area contributed by atoms with Crippen molar-refractivity contribution in [1.29, 1.82) is 0 Å². The van der Waals surface area contributed by atoms with E-state index in [9.17, 15) is 4.79 Å². The molecule has 1 aliphatic heterocycles. The van der Waals surface area contributed by atoms with Gasteiger partial charge in [0.05, 0.1) is 5.39 Å². The van der Waals surface area contributed by atoms with Crippen LogP contribution in [0.2, 0.25) is 0 Å². The number of rotatable bonds is 3. The summed E-state index contributed by atoms with van der Waals surface area (Å²) in [7, 11) is 0. The molecule has 3 heterocycles. The summed E-state index contributed by atoms with van der Waals surface area (Å²) in [6.45, 7) is 2.81. The van der Waals surface area contributed by atoms with E-state index in [1.807, 2.05) is 59.5 Å². The second-order valence-electron chi connectivity index (χ2n) is 7.05. The smallest absolute Gasteiger partial charge is 0.323 e. The molecule has 8 nitrogen and oxygen atoms in total. The van der Waals surface area contributed by atoms with Crippen LogP contribution in [0.25, 0.3) is 22.4 Å². The molecule has 2 aromatic heterocycles. The lowest BCUT2D eigenvalue weighted by Crippen LogP contribution is -2.38. The van der Waals surface area contributed by atoms with Gasteiger partial charge in [0.1, 0.15) is 0 Å². The highest BCUT2D eigenvalue weighted by Gasteiger charge is 2.22. The van der Waals surface area contributed by atoms with Gasteiger partial charge in [-0.15, -0.1) is 0 Å². The predicted molar refractivity (Wildman–Crippen MR) is 117 cm³/mol. The monoisotopic (exact) mass is 420 g/mol. The number of nitrogens with one attached hydrogen (secondary N) is 1. The summed E-state index contributed by atoms with van der Waals surface area (Å²) in [5.74, 6) is 1.20. The summed E-state index contributed by atoms with van der Waals surface area (Å²) in [6.07, 6.45) is 0.854. The van der Waals surface area contributed by atoms with E-state index in [0.29, 0.717) is 31.0 Å². The number of carbonyl (C=O) groups excluding carboxylic acids is 1. The van der Waals surface area contributed by atoms with Crippen LogP contribution in [0.15, 0.2) is 59.1 Å². The second kappa shape index (κ2) is 8.11. The third kappa shape index (κ3) is 3.71. The standard InChI is InChI=1S/C21H20N6O2S/c28-20(22-19-16-9-4-5-10-17(16)29-24-19)26-11-6-12-27(14-13-26)21-23-18(25-30-21)15-7-2-1-3-8-15/h1-5,7-10H,6,11-14H2,(H,22,24,28). The van der Waals surface area contributed by atoms with Crippen LogP contribution in [0.4, 0.5) is 15.7 Å². The van der Waals surface area contributed by atoms with E-state index < -0.39 is 0 Å². The van der Waals surface area contributed by atoms with E-state index in [0.717, 1.165) is 34.9 Å². The molecular weight excluding hydrogens is 400 g/mol. The average molecular weight is 420 g/mol. The number of anilines is 2. The number of hydrogen-bond acceptors (Lipinski definition) is 7. The van der Waals surface area contributed by atoms with Crippen LogP contribution >= 0.6 is 11.5 Å². The highest BCUT2D eigenvalue weighted by Crippen LogP contribution is 2.25. The van der Waals surface area contributed by atoms with Gasteiger partial charge in [-0.1, -0.05) is 47.6 Å². The first kappa shape index (κ1) is 18.6. The molecule has 5 rings (SSSR count). The molecule has 1 N–H and O–H groups in total. The molecule has 2 aromatic carbocycles.